The quantitative estimate of drug-likeness (QED) is 0.809. The largest absolute Gasteiger partial charge is 0.380 e. The van der Waals surface area contributed by atoms with Crippen molar-refractivity contribution in [2.75, 3.05) is 32.8 Å². The minimum atomic E-state index is 0.853. The molecule has 3 saturated heterocycles. The van der Waals surface area contributed by atoms with Gasteiger partial charge >= 0.3 is 0 Å². The maximum Gasteiger partial charge on any atom is 0.0593 e. The Morgan fingerprint density at radius 2 is 1.88 bits per heavy atom. The Hall–Kier alpha value is -0.120. The molecule has 0 aromatic carbocycles. The van der Waals surface area contributed by atoms with Crippen LogP contribution in [0, 0.1) is 5.92 Å². The van der Waals surface area contributed by atoms with Gasteiger partial charge in [-0.2, -0.15) is 0 Å². The monoisotopic (exact) mass is 238 g/mol. The number of nitrogens with one attached hydrogen (secondary N) is 1. The van der Waals surface area contributed by atoms with Crippen molar-refractivity contribution < 1.29 is 4.74 Å². The molecular weight excluding hydrogens is 212 g/mol. The summed E-state index contributed by atoms with van der Waals surface area (Å²) in [5.41, 5.74) is 0. The van der Waals surface area contributed by atoms with Crippen LogP contribution in [-0.4, -0.2) is 49.8 Å². The van der Waals surface area contributed by atoms with E-state index in [0.717, 1.165) is 37.8 Å². The average molecular weight is 238 g/mol. The van der Waals surface area contributed by atoms with Crippen molar-refractivity contribution >= 4 is 0 Å². The lowest BCUT2D eigenvalue weighted by Crippen LogP contribution is -2.39. The molecular formula is C14H26N2O. The molecule has 17 heavy (non-hydrogen) atoms. The van der Waals surface area contributed by atoms with Gasteiger partial charge in [-0.25, -0.2) is 0 Å². The summed E-state index contributed by atoms with van der Waals surface area (Å²) < 4.78 is 5.51. The zero-order chi connectivity index (χ0) is 11.5. The lowest BCUT2D eigenvalue weighted by Gasteiger charge is -2.30. The molecule has 2 unspecified atom stereocenters. The Kier molecular flexibility index (Phi) is 3.99. The van der Waals surface area contributed by atoms with E-state index >= 15 is 0 Å². The van der Waals surface area contributed by atoms with Gasteiger partial charge < -0.3 is 15.0 Å². The molecule has 3 aliphatic heterocycles. The van der Waals surface area contributed by atoms with Gasteiger partial charge in [0, 0.05) is 31.8 Å². The smallest absolute Gasteiger partial charge is 0.0593 e. The summed E-state index contributed by atoms with van der Waals surface area (Å²) >= 11 is 0. The SMILES string of the molecule is C1COCCN(CCC2CC3CCC(C2)N3)C1. The highest BCUT2D eigenvalue weighted by Gasteiger charge is 2.33. The van der Waals surface area contributed by atoms with Crippen LogP contribution < -0.4 is 5.32 Å². The number of fused-ring (bicyclic) bond motifs is 2. The van der Waals surface area contributed by atoms with E-state index in [-0.39, 0.29) is 0 Å². The van der Waals surface area contributed by atoms with E-state index in [1.54, 1.807) is 0 Å². The molecule has 98 valence electrons. The fourth-order valence-corrected chi connectivity index (χ4v) is 3.80. The number of ether oxygens (including phenoxy) is 1. The van der Waals surface area contributed by atoms with Gasteiger partial charge in [-0.1, -0.05) is 0 Å². The third kappa shape index (κ3) is 3.21. The van der Waals surface area contributed by atoms with Crippen LogP contribution in [0.25, 0.3) is 0 Å². The molecule has 0 spiro atoms. The highest BCUT2D eigenvalue weighted by molar-refractivity contribution is 4.92. The lowest BCUT2D eigenvalue weighted by atomic mass is 9.89. The Labute approximate surface area is 105 Å². The molecule has 0 aliphatic carbocycles. The lowest BCUT2D eigenvalue weighted by molar-refractivity contribution is 0.139. The average Bonchev–Trinajstić information content (AvgIpc) is 2.59. The Morgan fingerprint density at radius 3 is 2.71 bits per heavy atom. The normalized spacial score (nSPS) is 39.2. The summed E-state index contributed by atoms with van der Waals surface area (Å²) in [7, 11) is 0. The van der Waals surface area contributed by atoms with Crippen molar-refractivity contribution in [1.29, 1.82) is 0 Å². The molecule has 3 rings (SSSR count). The van der Waals surface area contributed by atoms with Gasteiger partial charge in [-0.3, -0.25) is 0 Å². The van der Waals surface area contributed by atoms with Crippen LogP contribution in [0.2, 0.25) is 0 Å². The number of piperidine rings is 1. The molecule has 2 atom stereocenters. The summed E-state index contributed by atoms with van der Waals surface area (Å²) in [6.45, 7) is 5.61. The number of hydrogen-bond donors (Lipinski definition) is 1. The maximum atomic E-state index is 5.51. The first-order valence-corrected chi connectivity index (χ1v) is 7.46. The van der Waals surface area contributed by atoms with Crippen LogP contribution in [0.15, 0.2) is 0 Å². The molecule has 0 radical (unpaired) electrons. The Balaban J connectivity index is 1.41. The molecule has 3 fully saturated rings. The van der Waals surface area contributed by atoms with Crippen LogP contribution >= 0.6 is 0 Å². The number of hydrogen-bond acceptors (Lipinski definition) is 3. The van der Waals surface area contributed by atoms with Crippen molar-refractivity contribution in [1.82, 2.24) is 10.2 Å². The maximum absolute atomic E-state index is 5.51. The van der Waals surface area contributed by atoms with Crippen molar-refractivity contribution in [3.63, 3.8) is 0 Å². The second-order valence-corrected chi connectivity index (χ2v) is 6.07. The third-order valence-corrected chi connectivity index (χ3v) is 4.74. The zero-order valence-electron chi connectivity index (χ0n) is 10.9. The molecule has 3 aliphatic rings. The summed E-state index contributed by atoms with van der Waals surface area (Å²) in [4.78, 5) is 2.61. The van der Waals surface area contributed by atoms with Crippen LogP contribution in [0.3, 0.4) is 0 Å². The molecule has 1 N–H and O–H groups in total. The minimum absolute atomic E-state index is 0.853. The van der Waals surface area contributed by atoms with E-state index in [0.29, 0.717) is 0 Å². The first kappa shape index (κ1) is 11.9. The van der Waals surface area contributed by atoms with Gasteiger partial charge in [0.1, 0.15) is 0 Å². The summed E-state index contributed by atoms with van der Waals surface area (Å²) in [6, 6.07) is 1.71. The molecule has 0 aromatic rings. The molecule has 2 bridgehead atoms. The molecule has 3 heterocycles. The fourth-order valence-electron chi connectivity index (χ4n) is 3.80. The van der Waals surface area contributed by atoms with E-state index in [1.807, 2.05) is 0 Å². The zero-order valence-corrected chi connectivity index (χ0v) is 10.9. The molecule has 0 aromatic heterocycles. The standard InChI is InChI=1S/C14H26N2O/c1-5-16(7-9-17-8-1)6-4-12-10-13-2-3-14(11-12)15-13/h12-15H,1-11H2. The molecule has 3 nitrogen and oxygen atoms in total. The number of rotatable bonds is 3. The van der Waals surface area contributed by atoms with Crippen LogP contribution in [0.1, 0.15) is 38.5 Å². The van der Waals surface area contributed by atoms with Crippen molar-refractivity contribution in [3.8, 4) is 0 Å². The third-order valence-electron chi connectivity index (χ3n) is 4.74. The highest BCUT2D eigenvalue weighted by atomic mass is 16.5. The Morgan fingerprint density at radius 1 is 1.06 bits per heavy atom. The van der Waals surface area contributed by atoms with E-state index < -0.39 is 0 Å². The van der Waals surface area contributed by atoms with Gasteiger partial charge in [-0.15, -0.1) is 0 Å². The van der Waals surface area contributed by atoms with E-state index in [2.05, 4.69) is 10.2 Å². The molecule has 0 amide bonds. The van der Waals surface area contributed by atoms with Crippen molar-refractivity contribution in [2.24, 2.45) is 5.92 Å². The van der Waals surface area contributed by atoms with Gasteiger partial charge in [-0.05, 0) is 51.0 Å². The van der Waals surface area contributed by atoms with Crippen LogP contribution in [0.5, 0.6) is 0 Å². The van der Waals surface area contributed by atoms with Crippen molar-refractivity contribution in [3.05, 3.63) is 0 Å². The second-order valence-electron chi connectivity index (χ2n) is 6.07. The van der Waals surface area contributed by atoms with Gasteiger partial charge in [0.2, 0.25) is 0 Å². The summed E-state index contributed by atoms with van der Waals surface area (Å²) in [6.07, 6.45) is 8.35. The van der Waals surface area contributed by atoms with E-state index in [9.17, 15) is 0 Å². The second kappa shape index (κ2) is 5.68. The minimum Gasteiger partial charge on any atom is -0.380 e. The number of nitrogens with zero attached hydrogens (tertiary/aromatic N) is 1. The van der Waals surface area contributed by atoms with Gasteiger partial charge in [0.05, 0.1) is 6.61 Å². The molecule has 0 saturated carbocycles. The van der Waals surface area contributed by atoms with Gasteiger partial charge in [0.25, 0.3) is 0 Å². The van der Waals surface area contributed by atoms with Crippen LogP contribution in [0.4, 0.5) is 0 Å². The first-order chi connectivity index (χ1) is 8.40. The summed E-state index contributed by atoms with van der Waals surface area (Å²) in [5, 5.41) is 3.73. The summed E-state index contributed by atoms with van der Waals surface area (Å²) in [5.74, 6) is 0.984. The Bertz CT molecular complexity index is 226. The van der Waals surface area contributed by atoms with Crippen molar-refractivity contribution in [2.45, 2.75) is 50.6 Å². The molecule has 3 heteroatoms. The topological polar surface area (TPSA) is 24.5 Å². The fraction of sp³-hybridized carbons (Fsp3) is 1.00. The van der Waals surface area contributed by atoms with E-state index in [1.165, 1.54) is 51.6 Å². The van der Waals surface area contributed by atoms with Gasteiger partial charge in [0.15, 0.2) is 0 Å². The van der Waals surface area contributed by atoms with Crippen LogP contribution in [-0.2, 0) is 4.74 Å². The predicted octanol–water partition coefficient (Wildman–Crippen LogP) is 1.63. The van der Waals surface area contributed by atoms with E-state index in [4.69, 9.17) is 4.74 Å². The first-order valence-electron chi connectivity index (χ1n) is 7.46. The highest BCUT2D eigenvalue weighted by Crippen LogP contribution is 2.32. The predicted molar refractivity (Wildman–Crippen MR) is 69.2 cm³/mol.